The molecule has 1 heterocycles. The second-order valence-corrected chi connectivity index (χ2v) is 4.21. The van der Waals surface area contributed by atoms with Gasteiger partial charge < -0.3 is 5.01 Å². The highest BCUT2D eigenvalue weighted by Crippen LogP contribution is 2.12. The van der Waals surface area contributed by atoms with E-state index in [0.717, 1.165) is 5.92 Å². The first-order chi connectivity index (χ1) is 5.59. The number of rotatable bonds is 3. The molecule has 0 bridgehead atoms. The number of hydrogen-bond acceptors (Lipinski definition) is 2. The van der Waals surface area contributed by atoms with E-state index in [2.05, 4.69) is 50.4 Å². The van der Waals surface area contributed by atoms with Crippen molar-refractivity contribution in [3.8, 4) is 0 Å². The Balaban J connectivity index is 2.32. The lowest BCUT2D eigenvalue weighted by molar-refractivity contribution is 0.215. The van der Waals surface area contributed by atoms with E-state index >= 15 is 0 Å². The molecular weight excluding hydrogens is 148 g/mol. The van der Waals surface area contributed by atoms with Crippen molar-refractivity contribution < 1.29 is 0 Å². The molecule has 0 saturated heterocycles. The quantitative estimate of drug-likeness (QED) is 0.694. The maximum Gasteiger partial charge on any atom is 0.0462 e. The average Bonchev–Trinajstić information content (AvgIpc) is 2.34. The van der Waals surface area contributed by atoms with Crippen LogP contribution < -0.4 is 5.43 Å². The molecule has 12 heavy (non-hydrogen) atoms. The molecule has 1 aliphatic heterocycles. The van der Waals surface area contributed by atoms with Crippen LogP contribution in [0.5, 0.6) is 0 Å². The first kappa shape index (κ1) is 9.59. The molecule has 2 heteroatoms. The van der Waals surface area contributed by atoms with Crippen LogP contribution in [-0.4, -0.2) is 17.1 Å². The molecule has 1 atom stereocenters. The zero-order valence-corrected chi connectivity index (χ0v) is 8.54. The summed E-state index contributed by atoms with van der Waals surface area (Å²) in [4.78, 5) is 0. The van der Waals surface area contributed by atoms with Gasteiger partial charge in [-0.15, -0.1) is 0 Å². The standard InChI is InChI=1S/C10H20N2/c1-8(2)7-10-5-6-12(11-10)9(3)4/h5-6,8-11H,7H2,1-4H3. The zero-order valence-electron chi connectivity index (χ0n) is 8.54. The van der Waals surface area contributed by atoms with Gasteiger partial charge in [-0.1, -0.05) is 13.8 Å². The second kappa shape index (κ2) is 3.94. The monoisotopic (exact) mass is 168 g/mol. The number of hydrazine groups is 1. The summed E-state index contributed by atoms with van der Waals surface area (Å²) >= 11 is 0. The molecule has 0 amide bonds. The number of nitrogens with zero attached hydrogens (tertiary/aromatic N) is 1. The summed E-state index contributed by atoms with van der Waals surface area (Å²) in [6.07, 6.45) is 5.62. The van der Waals surface area contributed by atoms with Crippen LogP contribution in [0.25, 0.3) is 0 Å². The molecule has 0 radical (unpaired) electrons. The van der Waals surface area contributed by atoms with Crippen molar-refractivity contribution in [2.45, 2.75) is 46.2 Å². The fourth-order valence-corrected chi connectivity index (χ4v) is 1.43. The van der Waals surface area contributed by atoms with E-state index in [1.54, 1.807) is 0 Å². The first-order valence-electron chi connectivity index (χ1n) is 4.82. The highest BCUT2D eigenvalue weighted by Gasteiger charge is 2.17. The van der Waals surface area contributed by atoms with Crippen LogP contribution >= 0.6 is 0 Å². The molecule has 1 unspecified atom stereocenters. The van der Waals surface area contributed by atoms with E-state index in [0.29, 0.717) is 12.1 Å². The van der Waals surface area contributed by atoms with E-state index in [-0.39, 0.29) is 0 Å². The highest BCUT2D eigenvalue weighted by molar-refractivity contribution is 4.99. The van der Waals surface area contributed by atoms with Crippen LogP contribution in [0.15, 0.2) is 12.3 Å². The normalized spacial score (nSPS) is 23.2. The summed E-state index contributed by atoms with van der Waals surface area (Å²) in [5, 5.41) is 2.17. The van der Waals surface area contributed by atoms with E-state index in [4.69, 9.17) is 0 Å². The molecule has 1 N–H and O–H groups in total. The lowest BCUT2D eigenvalue weighted by Crippen LogP contribution is -2.39. The predicted molar refractivity (Wildman–Crippen MR) is 52.5 cm³/mol. The average molecular weight is 168 g/mol. The van der Waals surface area contributed by atoms with Gasteiger partial charge >= 0.3 is 0 Å². The van der Waals surface area contributed by atoms with Crippen LogP contribution in [0.2, 0.25) is 0 Å². The maximum atomic E-state index is 3.44. The van der Waals surface area contributed by atoms with Crippen molar-refractivity contribution in [2.75, 3.05) is 0 Å². The van der Waals surface area contributed by atoms with Crippen molar-refractivity contribution in [2.24, 2.45) is 5.92 Å². The largest absolute Gasteiger partial charge is 0.313 e. The Labute approximate surface area is 75.6 Å². The van der Waals surface area contributed by atoms with Gasteiger partial charge in [0.2, 0.25) is 0 Å². The highest BCUT2D eigenvalue weighted by atomic mass is 15.5. The molecular formula is C10H20N2. The Morgan fingerprint density at radius 2 is 2.00 bits per heavy atom. The minimum atomic E-state index is 0.549. The van der Waals surface area contributed by atoms with E-state index in [1.165, 1.54) is 6.42 Å². The lowest BCUT2D eigenvalue weighted by atomic mass is 10.1. The van der Waals surface area contributed by atoms with Gasteiger partial charge in [-0.3, -0.25) is 0 Å². The Hall–Kier alpha value is -0.500. The van der Waals surface area contributed by atoms with E-state index in [1.807, 2.05) is 0 Å². The molecule has 0 aromatic heterocycles. The van der Waals surface area contributed by atoms with Crippen LogP contribution in [0, 0.1) is 5.92 Å². The Morgan fingerprint density at radius 3 is 2.42 bits per heavy atom. The minimum absolute atomic E-state index is 0.549. The van der Waals surface area contributed by atoms with Gasteiger partial charge in [-0.2, -0.15) is 0 Å². The van der Waals surface area contributed by atoms with Gasteiger partial charge in [0.1, 0.15) is 0 Å². The molecule has 2 nitrogen and oxygen atoms in total. The van der Waals surface area contributed by atoms with Crippen LogP contribution in [0.3, 0.4) is 0 Å². The van der Waals surface area contributed by atoms with Crippen molar-refractivity contribution in [3.63, 3.8) is 0 Å². The third kappa shape index (κ3) is 2.52. The molecule has 70 valence electrons. The van der Waals surface area contributed by atoms with Gasteiger partial charge in [-0.05, 0) is 32.3 Å². The van der Waals surface area contributed by atoms with E-state index < -0.39 is 0 Å². The van der Waals surface area contributed by atoms with Gasteiger partial charge in [0.25, 0.3) is 0 Å². The van der Waals surface area contributed by atoms with Gasteiger partial charge in [0.05, 0.1) is 0 Å². The van der Waals surface area contributed by atoms with Crippen LogP contribution in [0.4, 0.5) is 0 Å². The molecule has 0 spiro atoms. The van der Waals surface area contributed by atoms with Crippen molar-refractivity contribution in [1.29, 1.82) is 0 Å². The molecule has 1 aliphatic rings. The minimum Gasteiger partial charge on any atom is -0.313 e. The molecule has 0 saturated carbocycles. The van der Waals surface area contributed by atoms with Gasteiger partial charge in [0, 0.05) is 18.3 Å². The molecule has 0 aromatic rings. The van der Waals surface area contributed by atoms with Crippen LogP contribution in [-0.2, 0) is 0 Å². The van der Waals surface area contributed by atoms with E-state index in [9.17, 15) is 0 Å². The van der Waals surface area contributed by atoms with Crippen LogP contribution in [0.1, 0.15) is 34.1 Å². The Bertz CT molecular complexity index is 161. The summed E-state index contributed by atoms with van der Waals surface area (Å²) in [7, 11) is 0. The molecule has 0 aliphatic carbocycles. The smallest absolute Gasteiger partial charge is 0.0462 e. The topological polar surface area (TPSA) is 15.3 Å². The van der Waals surface area contributed by atoms with Gasteiger partial charge in [0.15, 0.2) is 0 Å². The lowest BCUT2D eigenvalue weighted by Gasteiger charge is -2.24. The molecule has 0 aromatic carbocycles. The third-order valence-electron chi connectivity index (χ3n) is 2.08. The third-order valence-corrected chi connectivity index (χ3v) is 2.08. The predicted octanol–water partition coefficient (Wildman–Crippen LogP) is 2.14. The SMILES string of the molecule is CC(C)CC1C=CN(C(C)C)N1. The summed E-state index contributed by atoms with van der Waals surface area (Å²) in [5.41, 5.74) is 3.44. The Kier molecular flexibility index (Phi) is 3.15. The molecule has 1 rings (SSSR count). The number of hydrogen-bond donors (Lipinski definition) is 1. The zero-order chi connectivity index (χ0) is 9.14. The second-order valence-electron chi connectivity index (χ2n) is 4.21. The van der Waals surface area contributed by atoms with Crippen molar-refractivity contribution in [1.82, 2.24) is 10.4 Å². The maximum absolute atomic E-state index is 3.44. The molecule has 0 fully saturated rings. The fraction of sp³-hybridized carbons (Fsp3) is 0.800. The van der Waals surface area contributed by atoms with Crippen molar-refractivity contribution in [3.05, 3.63) is 12.3 Å². The fourth-order valence-electron chi connectivity index (χ4n) is 1.43. The van der Waals surface area contributed by atoms with Crippen molar-refractivity contribution >= 4 is 0 Å². The summed E-state index contributed by atoms with van der Waals surface area (Å²) in [5.74, 6) is 0.763. The summed E-state index contributed by atoms with van der Waals surface area (Å²) < 4.78 is 0. The summed E-state index contributed by atoms with van der Waals surface area (Å²) in [6, 6.07) is 1.10. The first-order valence-corrected chi connectivity index (χ1v) is 4.82. The van der Waals surface area contributed by atoms with Gasteiger partial charge in [-0.25, -0.2) is 5.43 Å². The summed E-state index contributed by atoms with van der Waals surface area (Å²) in [6.45, 7) is 8.89. The number of nitrogens with one attached hydrogen (secondary N) is 1. The Morgan fingerprint density at radius 1 is 1.33 bits per heavy atom.